The van der Waals surface area contributed by atoms with E-state index in [2.05, 4.69) is 10.6 Å². The van der Waals surface area contributed by atoms with E-state index in [0.29, 0.717) is 5.75 Å². The van der Waals surface area contributed by atoms with E-state index in [1.165, 1.54) is 0 Å². The van der Waals surface area contributed by atoms with Crippen LogP contribution in [0.1, 0.15) is 24.0 Å². The molecule has 0 aliphatic carbocycles. The molecule has 1 unspecified atom stereocenters. The van der Waals surface area contributed by atoms with Crippen LogP contribution in [0.4, 0.5) is 4.79 Å². The van der Waals surface area contributed by atoms with Gasteiger partial charge < -0.3 is 29.6 Å². The van der Waals surface area contributed by atoms with Crippen molar-refractivity contribution in [2.75, 3.05) is 26.8 Å². The summed E-state index contributed by atoms with van der Waals surface area (Å²) < 4.78 is 20.9. The molecule has 9 nitrogen and oxygen atoms in total. The van der Waals surface area contributed by atoms with Gasteiger partial charge in [0.25, 0.3) is 0 Å². The highest BCUT2D eigenvalue weighted by atomic mass is 16.6. The van der Waals surface area contributed by atoms with Crippen LogP contribution in [0.5, 0.6) is 5.75 Å². The van der Waals surface area contributed by atoms with Crippen molar-refractivity contribution >= 4 is 18.0 Å². The molecule has 1 amide bonds. The minimum Gasteiger partial charge on any atom is -0.497 e. The number of hydrogen-bond acceptors (Lipinski definition) is 8. The van der Waals surface area contributed by atoms with Crippen LogP contribution in [0.15, 0.2) is 54.6 Å². The topological polar surface area (TPSA) is 112 Å². The number of carbonyl (C=O) groups excluding carboxylic acids is 3. The van der Waals surface area contributed by atoms with E-state index in [1.54, 1.807) is 31.4 Å². The Morgan fingerprint density at radius 3 is 2.38 bits per heavy atom. The van der Waals surface area contributed by atoms with Gasteiger partial charge in [-0.05, 0) is 49.2 Å². The summed E-state index contributed by atoms with van der Waals surface area (Å²) in [6.07, 6.45) is 0.834. The van der Waals surface area contributed by atoms with E-state index in [0.717, 1.165) is 37.1 Å². The summed E-state index contributed by atoms with van der Waals surface area (Å²) >= 11 is 0. The van der Waals surface area contributed by atoms with Gasteiger partial charge in [-0.2, -0.15) is 0 Å². The number of carbonyl (C=O) groups is 3. The fourth-order valence-corrected chi connectivity index (χ4v) is 3.46. The maximum absolute atomic E-state index is 12.7. The average molecular weight is 471 g/mol. The lowest BCUT2D eigenvalue weighted by Gasteiger charge is -2.22. The van der Waals surface area contributed by atoms with Gasteiger partial charge in [-0.25, -0.2) is 14.4 Å². The zero-order chi connectivity index (χ0) is 24.2. The molecule has 0 saturated carbocycles. The highest BCUT2D eigenvalue weighted by molar-refractivity contribution is 5.90. The van der Waals surface area contributed by atoms with E-state index in [1.807, 2.05) is 30.3 Å². The van der Waals surface area contributed by atoms with Crippen molar-refractivity contribution in [1.29, 1.82) is 0 Å². The molecule has 182 valence electrons. The fourth-order valence-electron chi connectivity index (χ4n) is 3.46. The first kappa shape index (κ1) is 25.2. The Kier molecular flexibility index (Phi) is 9.87. The standard InChI is InChI=1S/C25H30N2O7/c1-31-20-9-7-18(8-10-20)15-22(27-25(30)33-16-19-5-3-2-4-6-19)24(29)34-23(28)17-32-21-11-13-26-14-12-21/h2-10,21-22,26H,11-17H2,1H3,(H,27,30). The number of nitrogens with one attached hydrogen (secondary N) is 2. The van der Waals surface area contributed by atoms with E-state index in [-0.39, 0.29) is 25.7 Å². The third-order valence-corrected chi connectivity index (χ3v) is 5.33. The number of amides is 1. The molecule has 34 heavy (non-hydrogen) atoms. The Hall–Kier alpha value is -3.43. The molecule has 9 heteroatoms. The number of piperidine rings is 1. The summed E-state index contributed by atoms with van der Waals surface area (Å²) in [6, 6.07) is 15.0. The molecule has 1 saturated heterocycles. The maximum atomic E-state index is 12.7. The van der Waals surface area contributed by atoms with Crippen molar-refractivity contribution in [2.45, 2.75) is 38.0 Å². The Morgan fingerprint density at radius 2 is 1.71 bits per heavy atom. The Morgan fingerprint density at radius 1 is 1.00 bits per heavy atom. The third kappa shape index (κ3) is 8.49. The summed E-state index contributed by atoms with van der Waals surface area (Å²) in [5.41, 5.74) is 1.54. The smallest absolute Gasteiger partial charge is 0.408 e. The summed E-state index contributed by atoms with van der Waals surface area (Å²) in [4.78, 5) is 37.3. The molecule has 1 atom stereocenters. The van der Waals surface area contributed by atoms with Crippen LogP contribution < -0.4 is 15.4 Å². The van der Waals surface area contributed by atoms with Gasteiger partial charge >= 0.3 is 18.0 Å². The maximum Gasteiger partial charge on any atom is 0.408 e. The van der Waals surface area contributed by atoms with Crippen molar-refractivity contribution < 1.29 is 33.3 Å². The molecule has 3 rings (SSSR count). The predicted octanol–water partition coefficient (Wildman–Crippen LogP) is 2.37. The van der Waals surface area contributed by atoms with Crippen molar-refractivity contribution in [2.24, 2.45) is 0 Å². The first-order valence-corrected chi connectivity index (χ1v) is 11.2. The molecule has 1 aliphatic rings. The van der Waals surface area contributed by atoms with Crippen LogP contribution in [-0.4, -0.2) is 57.0 Å². The second-order valence-electron chi connectivity index (χ2n) is 7.86. The Bertz CT molecular complexity index is 928. The molecule has 2 aromatic carbocycles. The Balaban J connectivity index is 1.57. The van der Waals surface area contributed by atoms with Crippen molar-refractivity contribution in [3.8, 4) is 5.75 Å². The number of ether oxygens (including phenoxy) is 4. The first-order chi connectivity index (χ1) is 16.5. The van der Waals surface area contributed by atoms with Gasteiger partial charge in [-0.3, -0.25) is 0 Å². The molecule has 1 heterocycles. The lowest BCUT2D eigenvalue weighted by molar-refractivity contribution is -0.165. The predicted molar refractivity (Wildman–Crippen MR) is 123 cm³/mol. The highest BCUT2D eigenvalue weighted by Crippen LogP contribution is 2.14. The molecule has 2 aromatic rings. The zero-order valence-electron chi connectivity index (χ0n) is 19.2. The van der Waals surface area contributed by atoms with E-state index >= 15 is 0 Å². The minimum absolute atomic E-state index is 0.0417. The van der Waals surface area contributed by atoms with Crippen LogP contribution in [0, 0.1) is 0 Å². The number of benzene rings is 2. The lowest BCUT2D eigenvalue weighted by atomic mass is 10.1. The summed E-state index contributed by atoms with van der Waals surface area (Å²) in [5.74, 6) is -1.03. The van der Waals surface area contributed by atoms with Crippen LogP contribution >= 0.6 is 0 Å². The zero-order valence-corrected chi connectivity index (χ0v) is 19.2. The highest BCUT2D eigenvalue weighted by Gasteiger charge is 2.26. The molecule has 1 aliphatic heterocycles. The van der Waals surface area contributed by atoms with Crippen molar-refractivity contribution in [1.82, 2.24) is 10.6 Å². The van der Waals surface area contributed by atoms with Crippen LogP contribution in [0.25, 0.3) is 0 Å². The second kappa shape index (κ2) is 13.3. The number of rotatable bonds is 10. The van der Waals surface area contributed by atoms with Crippen LogP contribution in [0.3, 0.4) is 0 Å². The van der Waals surface area contributed by atoms with Gasteiger partial charge in [-0.15, -0.1) is 0 Å². The summed E-state index contributed by atoms with van der Waals surface area (Å²) in [5, 5.41) is 5.72. The minimum atomic E-state index is -1.13. The SMILES string of the molecule is COc1ccc(CC(NC(=O)OCc2ccccc2)C(=O)OC(=O)COC2CCNCC2)cc1. The molecule has 2 N–H and O–H groups in total. The van der Waals surface area contributed by atoms with Crippen molar-refractivity contribution in [3.05, 3.63) is 65.7 Å². The second-order valence-corrected chi connectivity index (χ2v) is 7.86. The molecular formula is C25H30N2O7. The molecule has 0 spiro atoms. The van der Waals surface area contributed by atoms with Crippen LogP contribution in [0.2, 0.25) is 0 Å². The molecule has 0 aromatic heterocycles. The first-order valence-electron chi connectivity index (χ1n) is 11.2. The van der Waals surface area contributed by atoms with Gasteiger partial charge in [0.1, 0.15) is 25.0 Å². The molecule has 0 bridgehead atoms. The quantitative estimate of drug-likeness (QED) is 0.402. The normalized spacial score (nSPS) is 14.6. The van der Waals surface area contributed by atoms with E-state index in [9.17, 15) is 14.4 Å². The average Bonchev–Trinajstić information content (AvgIpc) is 2.87. The summed E-state index contributed by atoms with van der Waals surface area (Å²) in [7, 11) is 1.55. The molecule has 1 fully saturated rings. The molecule has 0 radical (unpaired) electrons. The van der Waals surface area contributed by atoms with Gasteiger partial charge in [0.2, 0.25) is 0 Å². The van der Waals surface area contributed by atoms with Gasteiger partial charge in [0.15, 0.2) is 0 Å². The fraction of sp³-hybridized carbons (Fsp3) is 0.400. The van der Waals surface area contributed by atoms with Crippen LogP contribution in [-0.2, 0) is 36.8 Å². The number of esters is 2. The Labute approximate surface area is 198 Å². The molecular weight excluding hydrogens is 440 g/mol. The van der Waals surface area contributed by atoms with Crippen molar-refractivity contribution in [3.63, 3.8) is 0 Å². The van der Waals surface area contributed by atoms with Gasteiger partial charge in [0, 0.05) is 6.42 Å². The number of methoxy groups -OCH3 is 1. The van der Waals surface area contributed by atoms with E-state index in [4.69, 9.17) is 18.9 Å². The number of hydrogen-bond donors (Lipinski definition) is 2. The number of alkyl carbamates (subject to hydrolysis) is 1. The largest absolute Gasteiger partial charge is 0.497 e. The van der Waals surface area contributed by atoms with E-state index < -0.39 is 24.1 Å². The summed E-state index contributed by atoms with van der Waals surface area (Å²) in [6.45, 7) is 1.35. The lowest BCUT2D eigenvalue weighted by Crippen LogP contribution is -2.44. The van der Waals surface area contributed by atoms with Gasteiger partial charge in [0.05, 0.1) is 13.2 Å². The monoisotopic (exact) mass is 470 g/mol. The van der Waals surface area contributed by atoms with Gasteiger partial charge in [-0.1, -0.05) is 42.5 Å². The third-order valence-electron chi connectivity index (χ3n) is 5.33.